The van der Waals surface area contributed by atoms with Gasteiger partial charge in [0, 0.05) is 13.1 Å². The van der Waals surface area contributed by atoms with Crippen LogP contribution in [-0.2, 0) is 10.0 Å². The van der Waals surface area contributed by atoms with Crippen LogP contribution < -0.4 is 0 Å². The fourth-order valence-corrected chi connectivity index (χ4v) is 3.65. The number of sulfonamides is 1. The zero-order chi connectivity index (χ0) is 12.6. The van der Waals surface area contributed by atoms with Gasteiger partial charge in [-0.3, -0.25) is 0 Å². The number of halogens is 1. The van der Waals surface area contributed by atoms with Crippen molar-refractivity contribution in [3.63, 3.8) is 0 Å². The van der Waals surface area contributed by atoms with E-state index in [9.17, 15) is 17.9 Å². The van der Waals surface area contributed by atoms with Gasteiger partial charge in [0.2, 0.25) is 10.0 Å². The van der Waals surface area contributed by atoms with Gasteiger partial charge in [0.15, 0.2) is 0 Å². The van der Waals surface area contributed by atoms with E-state index >= 15 is 0 Å². The van der Waals surface area contributed by atoms with Crippen LogP contribution in [0.1, 0.15) is 12.0 Å². The summed E-state index contributed by atoms with van der Waals surface area (Å²) in [6, 6.07) is 3.69. The van der Waals surface area contributed by atoms with Gasteiger partial charge < -0.3 is 5.11 Å². The predicted molar refractivity (Wildman–Crippen MR) is 60.5 cm³/mol. The first-order valence-corrected chi connectivity index (χ1v) is 6.79. The van der Waals surface area contributed by atoms with Gasteiger partial charge in [-0.15, -0.1) is 0 Å². The van der Waals surface area contributed by atoms with Crippen molar-refractivity contribution in [1.29, 1.82) is 0 Å². The van der Waals surface area contributed by atoms with Gasteiger partial charge >= 0.3 is 0 Å². The van der Waals surface area contributed by atoms with Crippen molar-refractivity contribution in [1.82, 2.24) is 4.31 Å². The largest absolute Gasteiger partial charge is 0.392 e. The van der Waals surface area contributed by atoms with Crippen molar-refractivity contribution in [3.8, 4) is 0 Å². The van der Waals surface area contributed by atoms with E-state index in [1.807, 2.05) is 0 Å². The van der Waals surface area contributed by atoms with Gasteiger partial charge in [0.1, 0.15) is 5.82 Å². The molecule has 0 amide bonds. The van der Waals surface area contributed by atoms with Gasteiger partial charge in [-0.05, 0) is 31.0 Å². The van der Waals surface area contributed by atoms with Crippen LogP contribution >= 0.6 is 0 Å². The predicted octanol–water partition coefficient (Wildman–Crippen LogP) is 0.889. The number of aryl methyl sites for hydroxylation is 1. The first-order valence-electron chi connectivity index (χ1n) is 5.35. The molecule has 1 aromatic carbocycles. The second-order valence-electron chi connectivity index (χ2n) is 4.22. The quantitative estimate of drug-likeness (QED) is 0.858. The zero-order valence-electron chi connectivity index (χ0n) is 9.43. The van der Waals surface area contributed by atoms with E-state index in [0.29, 0.717) is 12.0 Å². The van der Waals surface area contributed by atoms with Crippen LogP contribution in [-0.4, -0.2) is 37.0 Å². The monoisotopic (exact) mass is 259 g/mol. The highest BCUT2D eigenvalue weighted by Gasteiger charge is 2.32. The summed E-state index contributed by atoms with van der Waals surface area (Å²) in [4.78, 5) is -0.0217. The van der Waals surface area contributed by atoms with E-state index in [2.05, 4.69) is 0 Å². The molecular formula is C11H14FNO3S. The van der Waals surface area contributed by atoms with E-state index in [0.717, 1.165) is 6.07 Å². The number of rotatable bonds is 2. The molecule has 94 valence electrons. The number of nitrogens with zero attached hydrogens (tertiary/aromatic N) is 1. The molecule has 0 unspecified atom stereocenters. The summed E-state index contributed by atoms with van der Waals surface area (Å²) in [5, 5.41) is 9.35. The van der Waals surface area contributed by atoms with Crippen molar-refractivity contribution in [2.45, 2.75) is 24.3 Å². The highest BCUT2D eigenvalue weighted by atomic mass is 32.2. The first-order chi connectivity index (χ1) is 7.91. The average molecular weight is 259 g/mol. The summed E-state index contributed by atoms with van der Waals surface area (Å²) in [5.74, 6) is -0.575. The molecule has 1 saturated heterocycles. The Kier molecular flexibility index (Phi) is 3.20. The molecule has 1 aliphatic rings. The zero-order valence-corrected chi connectivity index (χ0v) is 10.2. The molecule has 1 aromatic rings. The molecule has 0 radical (unpaired) electrons. The lowest BCUT2D eigenvalue weighted by molar-refractivity contribution is 0.189. The Balaban J connectivity index is 2.41. The number of aliphatic hydroxyl groups excluding tert-OH is 1. The topological polar surface area (TPSA) is 57.6 Å². The molecule has 0 spiro atoms. The molecule has 0 saturated carbocycles. The van der Waals surface area contributed by atoms with Crippen LogP contribution in [0.2, 0.25) is 0 Å². The Bertz CT molecular complexity index is 530. The van der Waals surface area contributed by atoms with E-state index in [-0.39, 0.29) is 18.0 Å². The Labute approximate surface area is 99.7 Å². The third-order valence-electron chi connectivity index (χ3n) is 2.89. The van der Waals surface area contributed by atoms with Crippen LogP contribution in [0, 0.1) is 12.7 Å². The third-order valence-corrected chi connectivity index (χ3v) is 4.90. The number of hydrogen-bond donors (Lipinski definition) is 1. The van der Waals surface area contributed by atoms with E-state index in [1.54, 1.807) is 6.92 Å². The smallest absolute Gasteiger partial charge is 0.243 e. The number of aliphatic hydroxyl groups is 1. The molecule has 1 N–H and O–H groups in total. The van der Waals surface area contributed by atoms with Gasteiger partial charge in [-0.1, -0.05) is 6.07 Å². The molecule has 1 aliphatic heterocycles. The molecule has 1 heterocycles. The van der Waals surface area contributed by atoms with Crippen molar-refractivity contribution < 1.29 is 17.9 Å². The average Bonchev–Trinajstić information content (AvgIpc) is 2.69. The molecular weight excluding hydrogens is 245 g/mol. The molecule has 0 bridgehead atoms. The maximum Gasteiger partial charge on any atom is 0.243 e. The highest BCUT2D eigenvalue weighted by Crippen LogP contribution is 2.24. The summed E-state index contributed by atoms with van der Waals surface area (Å²) >= 11 is 0. The van der Waals surface area contributed by atoms with Crippen molar-refractivity contribution in [2.24, 2.45) is 0 Å². The molecule has 17 heavy (non-hydrogen) atoms. The molecule has 6 heteroatoms. The standard InChI is InChI=1S/C11H14FNO3S/c1-8-2-3-9(12)6-11(8)17(15,16)13-5-4-10(14)7-13/h2-3,6,10,14H,4-5,7H2,1H3/t10-/m1/s1. The Morgan fingerprint density at radius 2 is 2.18 bits per heavy atom. The van der Waals surface area contributed by atoms with E-state index in [4.69, 9.17) is 0 Å². The minimum absolute atomic E-state index is 0.0217. The molecule has 0 aliphatic carbocycles. The van der Waals surface area contributed by atoms with Gasteiger partial charge in [0.25, 0.3) is 0 Å². The van der Waals surface area contributed by atoms with Crippen molar-refractivity contribution in [3.05, 3.63) is 29.6 Å². The van der Waals surface area contributed by atoms with Crippen LogP contribution in [0.5, 0.6) is 0 Å². The molecule has 0 aromatic heterocycles. The second kappa shape index (κ2) is 4.36. The van der Waals surface area contributed by atoms with E-state index < -0.39 is 21.9 Å². The van der Waals surface area contributed by atoms with Crippen LogP contribution in [0.25, 0.3) is 0 Å². The number of benzene rings is 1. The van der Waals surface area contributed by atoms with Crippen LogP contribution in [0.4, 0.5) is 4.39 Å². The second-order valence-corrected chi connectivity index (χ2v) is 6.12. The maximum atomic E-state index is 13.1. The normalized spacial score (nSPS) is 21.9. The molecule has 2 rings (SSSR count). The maximum absolute atomic E-state index is 13.1. The molecule has 1 atom stereocenters. The Hall–Kier alpha value is -0.980. The molecule has 1 fully saturated rings. The fourth-order valence-electron chi connectivity index (χ4n) is 1.92. The van der Waals surface area contributed by atoms with Gasteiger partial charge in [-0.25, -0.2) is 12.8 Å². The first kappa shape index (κ1) is 12.5. The summed E-state index contributed by atoms with van der Waals surface area (Å²) in [5.41, 5.74) is 0.507. The number of hydrogen-bond acceptors (Lipinski definition) is 3. The van der Waals surface area contributed by atoms with Crippen LogP contribution in [0.15, 0.2) is 23.1 Å². The van der Waals surface area contributed by atoms with Gasteiger partial charge in [-0.2, -0.15) is 4.31 Å². The lowest BCUT2D eigenvalue weighted by Crippen LogP contribution is -2.30. The van der Waals surface area contributed by atoms with Crippen molar-refractivity contribution >= 4 is 10.0 Å². The minimum atomic E-state index is -3.69. The lowest BCUT2D eigenvalue weighted by atomic mass is 10.2. The highest BCUT2D eigenvalue weighted by molar-refractivity contribution is 7.89. The SMILES string of the molecule is Cc1ccc(F)cc1S(=O)(=O)N1CC[C@@H](O)C1. The number of β-amino-alcohol motifs (C(OH)–C–C–N with tert-alkyl or cyclic N) is 1. The van der Waals surface area contributed by atoms with Crippen LogP contribution in [0.3, 0.4) is 0 Å². The summed E-state index contributed by atoms with van der Waals surface area (Å²) in [6.07, 6.45) is -0.202. The lowest BCUT2D eigenvalue weighted by Gasteiger charge is -2.17. The van der Waals surface area contributed by atoms with E-state index in [1.165, 1.54) is 16.4 Å². The summed E-state index contributed by atoms with van der Waals surface area (Å²) in [7, 11) is -3.69. The fraction of sp³-hybridized carbons (Fsp3) is 0.455. The Morgan fingerprint density at radius 3 is 2.76 bits per heavy atom. The Morgan fingerprint density at radius 1 is 1.47 bits per heavy atom. The minimum Gasteiger partial charge on any atom is -0.392 e. The van der Waals surface area contributed by atoms with Crippen molar-refractivity contribution in [2.75, 3.05) is 13.1 Å². The molecule has 4 nitrogen and oxygen atoms in total. The van der Waals surface area contributed by atoms with Gasteiger partial charge in [0.05, 0.1) is 11.0 Å². The summed E-state index contributed by atoms with van der Waals surface area (Å²) in [6.45, 7) is 1.98. The summed E-state index contributed by atoms with van der Waals surface area (Å²) < 4.78 is 38.7. The third kappa shape index (κ3) is 2.34.